The third kappa shape index (κ3) is 2.92. The third-order valence-electron chi connectivity index (χ3n) is 4.51. The van der Waals surface area contributed by atoms with Crippen LogP contribution >= 0.6 is 0 Å². The first-order valence-electron chi connectivity index (χ1n) is 7.34. The molecule has 2 nitrogen and oxygen atoms in total. The van der Waals surface area contributed by atoms with E-state index in [1.54, 1.807) is 7.11 Å². The molecule has 0 bridgehead atoms. The van der Waals surface area contributed by atoms with Crippen LogP contribution in [0.5, 0.6) is 5.75 Å². The fourth-order valence-corrected chi connectivity index (χ4v) is 3.23. The second-order valence-corrected chi connectivity index (χ2v) is 5.87. The second kappa shape index (κ2) is 5.49. The Hall–Kier alpha value is -1.09. The predicted octanol–water partition coefficient (Wildman–Crippen LogP) is 3.47. The first-order valence-corrected chi connectivity index (χ1v) is 7.34. The molecule has 0 amide bonds. The summed E-state index contributed by atoms with van der Waals surface area (Å²) < 4.78 is 19.2. The van der Waals surface area contributed by atoms with Crippen LogP contribution in [0.1, 0.15) is 43.6 Å². The fourth-order valence-electron chi connectivity index (χ4n) is 3.23. The first-order chi connectivity index (χ1) is 9.28. The van der Waals surface area contributed by atoms with E-state index < -0.39 is 0 Å². The lowest BCUT2D eigenvalue weighted by Crippen LogP contribution is -2.26. The second-order valence-electron chi connectivity index (χ2n) is 5.87. The van der Waals surface area contributed by atoms with Crippen LogP contribution in [0, 0.1) is 11.7 Å². The molecule has 0 aromatic heterocycles. The monoisotopic (exact) mass is 263 g/mol. The van der Waals surface area contributed by atoms with Crippen molar-refractivity contribution >= 4 is 0 Å². The molecule has 1 aromatic rings. The van der Waals surface area contributed by atoms with Crippen molar-refractivity contribution in [3.05, 3.63) is 29.6 Å². The molecule has 1 N–H and O–H groups in total. The SMILES string of the molecule is COc1ccc(C2CCCC2CNC2CC2)c(F)c1. The van der Waals surface area contributed by atoms with Gasteiger partial charge in [0.05, 0.1) is 7.11 Å². The molecule has 104 valence electrons. The van der Waals surface area contributed by atoms with Crippen molar-refractivity contribution in [1.29, 1.82) is 0 Å². The highest BCUT2D eigenvalue weighted by Gasteiger charge is 2.32. The molecule has 1 aromatic carbocycles. The summed E-state index contributed by atoms with van der Waals surface area (Å²) in [6.45, 7) is 1.04. The number of methoxy groups -OCH3 is 1. The standard InChI is InChI=1S/C16H22FNO/c1-19-13-7-8-15(16(17)9-13)14-4-2-3-11(14)10-18-12-5-6-12/h7-9,11-12,14,18H,2-6,10H2,1H3. The summed E-state index contributed by atoms with van der Waals surface area (Å²) in [7, 11) is 1.58. The predicted molar refractivity (Wildman–Crippen MR) is 74.1 cm³/mol. The van der Waals surface area contributed by atoms with E-state index in [9.17, 15) is 4.39 Å². The minimum absolute atomic E-state index is 0.109. The van der Waals surface area contributed by atoms with Crippen LogP contribution in [0.25, 0.3) is 0 Å². The molecule has 3 heteroatoms. The average Bonchev–Trinajstić information content (AvgIpc) is 3.14. The summed E-state index contributed by atoms with van der Waals surface area (Å²) in [5, 5.41) is 3.59. The molecule has 0 aliphatic heterocycles. The van der Waals surface area contributed by atoms with Gasteiger partial charge in [0.1, 0.15) is 11.6 Å². The lowest BCUT2D eigenvalue weighted by atomic mass is 9.88. The van der Waals surface area contributed by atoms with Crippen molar-refractivity contribution in [3.63, 3.8) is 0 Å². The van der Waals surface area contributed by atoms with Gasteiger partial charge in [-0.1, -0.05) is 12.5 Å². The summed E-state index contributed by atoms with van der Waals surface area (Å²) in [4.78, 5) is 0. The molecule has 3 rings (SSSR count). The Balaban J connectivity index is 1.71. The van der Waals surface area contributed by atoms with Gasteiger partial charge in [0.25, 0.3) is 0 Å². The van der Waals surface area contributed by atoms with Gasteiger partial charge in [-0.3, -0.25) is 0 Å². The van der Waals surface area contributed by atoms with Gasteiger partial charge >= 0.3 is 0 Å². The number of rotatable bonds is 5. The molecule has 2 atom stereocenters. The van der Waals surface area contributed by atoms with E-state index in [-0.39, 0.29) is 5.82 Å². The molecule has 2 fully saturated rings. The van der Waals surface area contributed by atoms with Crippen LogP contribution in [0.3, 0.4) is 0 Å². The molecule has 0 saturated heterocycles. The van der Waals surface area contributed by atoms with Crippen LogP contribution in [0.15, 0.2) is 18.2 Å². The fraction of sp³-hybridized carbons (Fsp3) is 0.625. The summed E-state index contributed by atoms with van der Waals surface area (Å²) >= 11 is 0. The maximum atomic E-state index is 14.2. The zero-order valence-electron chi connectivity index (χ0n) is 11.5. The lowest BCUT2D eigenvalue weighted by Gasteiger charge is -2.21. The topological polar surface area (TPSA) is 21.3 Å². The van der Waals surface area contributed by atoms with Crippen LogP contribution in [0.4, 0.5) is 4.39 Å². The first kappa shape index (κ1) is 12.9. The molecule has 2 saturated carbocycles. The minimum atomic E-state index is -0.109. The number of benzene rings is 1. The van der Waals surface area contributed by atoms with Gasteiger partial charge in [-0.2, -0.15) is 0 Å². The van der Waals surface area contributed by atoms with E-state index in [4.69, 9.17) is 4.74 Å². The zero-order chi connectivity index (χ0) is 13.2. The van der Waals surface area contributed by atoms with Crippen molar-refractivity contribution in [2.45, 2.75) is 44.1 Å². The van der Waals surface area contributed by atoms with Crippen molar-refractivity contribution in [2.75, 3.05) is 13.7 Å². The number of hydrogen-bond acceptors (Lipinski definition) is 2. The van der Waals surface area contributed by atoms with E-state index in [0.29, 0.717) is 17.6 Å². The Morgan fingerprint density at radius 3 is 2.79 bits per heavy atom. The molecule has 2 unspecified atom stereocenters. The van der Waals surface area contributed by atoms with E-state index in [0.717, 1.165) is 24.6 Å². The van der Waals surface area contributed by atoms with Gasteiger partial charge in [0.15, 0.2) is 0 Å². The smallest absolute Gasteiger partial charge is 0.130 e. The Labute approximate surface area is 114 Å². The van der Waals surface area contributed by atoms with E-state index in [2.05, 4.69) is 5.32 Å². The van der Waals surface area contributed by atoms with E-state index >= 15 is 0 Å². The maximum Gasteiger partial charge on any atom is 0.130 e. The Morgan fingerprint density at radius 2 is 2.11 bits per heavy atom. The van der Waals surface area contributed by atoms with Crippen molar-refractivity contribution in [3.8, 4) is 5.75 Å². The van der Waals surface area contributed by atoms with Crippen LogP contribution in [-0.2, 0) is 0 Å². The van der Waals surface area contributed by atoms with Gasteiger partial charge in [-0.05, 0) is 55.7 Å². The Morgan fingerprint density at radius 1 is 1.26 bits per heavy atom. The number of halogens is 1. The van der Waals surface area contributed by atoms with Crippen molar-refractivity contribution in [2.24, 2.45) is 5.92 Å². The van der Waals surface area contributed by atoms with Crippen LogP contribution in [0.2, 0.25) is 0 Å². The van der Waals surface area contributed by atoms with Gasteiger partial charge in [-0.25, -0.2) is 4.39 Å². The maximum absolute atomic E-state index is 14.2. The van der Waals surface area contributed by atoms with Crippen LogP contribution < -0.4 is 10.1 Å². The van der Waals surface area contributed by atoms with Crippen molar-refractivity contribution < 1.29 is 9.13 Å². The molecule has 0 radical (unpaired) electrons. The number of hydrogen-bond donors (Lipinski definition) is 1. The highest BCUT2D eigenvalue weighted by molar-refractivity contribution is 5.32. The van der Waals surface area contributed by atoms with E-state index in [1.165, 1.54) is 31.7 Å². The van der Waals surface area contributed by atoms with Gasteiger partial charge in [0.2, 0.25) is 0 Å². The molecule has 2 aliphatic rings. The van der Waals surface area contributed by atoms with Gasteiger partial charge in [0, 0.05) is 12.1 Å². The summed E-state index contributed by atoms with van der Waals surface area (Å²) in [6.07, 6.45) is 6.17. The Kier molecular flexibility index (Phi) is 3.74. The highest BCUT2D eigenvalue weighted by Crippen LogP contribution is 2.41. The number of nitrogens with one attached hydrogen (secondary N) is 1. The van der Waals surface area contributed by atoms with Gasteiger partial charge < -0.3 is 10.1 Å². The average molecular weight is 263 g/mol. The molecule has 0 spiro atoms. The summed E-state index contributed by atoms with van der Waals surface area (Å²) in [5.41, 5.74) is 0.876. The van der Waals surface area contributed by atoms with Crippen molar-refractivity contribution in [1.82, 2.24) is 5.32 Å². The largest absolute Gasteiger partial charge is 0.497 e. The molecule has 19 heavy (non-hydrogen) atoms. The molecular formula is C16H22FNO. The van der Waals surface area contributed by atoms with Gasteiger partial charge in [-0.15, -0.1) is 0 Å². The van der Waals surface area contributed by atoms with E-state index in [1.807, 2.05) is 12.1 Å². The molecule has 2 aliphatic carbocycles. The number of ether oxygens (including phenoxy) is 1. The molecular weight excluding hydrogens is 241 g/mol. The Bertz CT molecular complexity index is 444. The zero-order valence-corrected chi connectivity index (χ0v) is 11.5. The summed E-state index contributed by atoms with van der Waals surface area (Å²) in [6, 6.07) is 6.04. The molecule has 0 heterocycles. The quantitative estimate of drug-likeness (QED) is 0.878. The minimum Gasteiger partial charge on any atom is -0.497 e. The lowest BCUT2D eigenvalue weighted by molar-refractivity contribution is 0.405. The van der Waals surface area contributed by atoms with Crippen LogP contribution in [-0.4, -0.2) is 19.7 Å². The third-order valence-corrected chi connectivity index (χ3v) is 4.51. The normalized spacial score (nSPS) is 26.6. The highest BCUT2D eigenvalue weighted by atomic mass is 19.1. The summed E-state index contributed by atoms with van der Waals surface area (Å²) in [5.74, 6) is 1.45.